The summed E-state index contributed by atoms with van der Waals surface area (Å²) in [5.41, 5.74) is -8.05. The number of halogens is 3. The van der Waals surface area contributed by atoms with Crippen molar-refractivity contribution in [2.24, 2.45) is 28.6 Å². The molecule has 0 saturated heterocycles. The molecule has 0 heterocycles. The molecule has 1 N–H and O–H groups in total. The maximum Gasteiger partial charge on any atom is 0.351 e. The number of aliphatic hydroxyl groups is 1. The molecule has 9 heteroatoms. The minimum atomic E-state index is -2.51. The van der Waals surface area contributed by atoms with Crippen molar-refractivity contribution in [3.8, 4) is 0 Å². The van der Waals surface area contributed by atoms with Crippen molar-refractivity contribution < 1.29 is 42.1 Å². The van der Waals surface area contributed by atoms with Gasteiger partial charge < -0.3 is 14.6 Å². The van der Waals surface area contributed by atoms with E-state index in [1.807, 2.05) is 0 Å². The van der Waals surface area contributed by atoms with Crippen molar-refractivity contribution in [2.75, 3.05) is 7.11 Å². The fourth-order valence-electron chi connectivity index (χ4n) is 7.69. The molecule has 4 rings (SSSR count). The van der Waals surface area contributed by atoms with Gasteiger partial charge >= 0.3 is 11.9 Å². The zero-order chi connectivity index (χ0) is 24.7. The van der Waals surface area contributed by atoms with E-state index in [1.165, 1.54) is 6.92 Å². The van der Waals surface area contributed by atoms with Gasteiger partial charge in [0.1, 0.15) is 6.17 Å². The minimum Gasteiger partial charge on any atom is -0.466 e. The van der Waals surface area contributed by atoms with E-state index in [-0.39, 0.29) is 12.8 Å². The molecule has 6 nitrogen and oxygen atoms in total. The largest absolute Gasteiger partial charge is 0.466 e. The van der Waals surface area contributed by atoms with E-state index in [4.69, 9.17) is 9.47 Å². The van der Waals surface area contributed by atoms with Crippen LogP contribution in [0.5, 0.6) is 0 Å². The van der Waals surface area contributed by atoms with Crippen LogP contribution in [0.4, 0.5) is 13.2 Å². The van der Waals surface area contributed by atoms with E-state index < -0.39 is 87.7 Å². The average molecular weight is 470 g/mol. The summed E-state index contributed by atoms with van der Waals surface area (Å²) in [4.78, 5) is 37.0. The quantitative estimate of drug-likeness (QED) is 0.623. The lowest BCUT2D eigenvalue weighted by molar-refractivity contribution is -0.238. The number of methoxy groups -OCH3 is 1. The Balaban J connectivity index is 1.91. The van der Waals surface area contributed by atoms with E-state index in [1.54, 1.807) is 13.8 Å². The number of aliphatic hydroxyl groups excluding tert-OH is 1. The number of allylic oxidation sites excluding steroid dienone is 4. The summed E-state index contributed by atoms with van der Waals surface area (Å²) in [6.07, 6.45) is -2.26. The first-order valence-corrected chi connectivity index (χ1v) is 11.1. The summed E-state index contributed by atoms with van der Waals surface area (Å²) in [6.45, 7) is 5.76. The molecule has 3 saturated carbocycles. The number of ether oxygens (including phenoxy) is 2. The molecule has 4 aliphatic carbocycles. The van der Waals surface area contributed by atoms with Crippen LogP contribution in [0.2, 0.25) is 0 Å². The molecular weight excluding hydrogens is 441 g/mol. The predicted molar refractivity (Wildman–Crippen MR) is 110 cm³/mol. The minimum absolute atomic E-state index is 0.203. The Morgan fingerprint density at radius 2 is 1.85 bits per heavy atom. The maximum atomic E-state index is 17.1. The Bertz CT molecular complexity index is 993. The van der Waals surface area contributed by atoms with Crippen LogP contribution in [-0.2, 0) is 23.9 Å². The zero-order valence-corrected chi connectivity index (χ0v) is 19.3. The first-order chi connectivity index (χ1) is 15.2. The lowest BCUT2D eigenvalue weighted by Gasteiger charge is -2.62. The van der Waals surface area contributed by atoms with E-state index in [2.05, 4.69) is 0 Å². The normalized spacial score (nSPS) is 48.6. The molecule has 0 aliphatic heterocycles. The molecule has 0 unspecified atom stereocenters. The monoisotopic (exact) mass is 470 g/mol. The van der Waals surface area contributed by atoms with E-state index >= 15 is 8.78 Å². The van der Waals surface area contributed by atoms with Crippen molar-refractivity contribution in [1.29, 1.82) is 0 Å². The predicted octanol–water partition coefficient (Wildman–Crippen LogP) is 3.32. The number of hydrogen-bond donors (Lipinski definition) is 1. The number of esters is 2. The van der Waals surface area contributed by atoms with Gasteiger partial charge in [0.25, 0.3) is 0 Å². The van der Waals surface area contributed by atoms with Gasteiger partial charge in [-0.2, -0.15) is 0 Å². The topological polar surface area (TPSA) is 89.9 Å². The van der Waals surface area contributed by atoms with Gasteiger partial charge in [0.05, 0.1) is 13.2 Å². The van der Waals surface area contributed by atoms with Gasteiger partial charge in [-0.25, -0.2) is 18.0 Å². The molecule has 182 valence electrons. The van der Waals surface area contributed by atoms with Gasteiger partial charge in [0.2, 0.25) is 11.4 Å². The summed E-state index contributed by atoms with van der Waals surface area (Å²) in [5.74, 6) is -6.34. The third-order valence-electron chi connectivity index (χ3n) is 9.04. The van der Waals surface area contributed by atoms with E-state index in [9.17, 15) is 23.9 Å². The van der Waals surface area contributed by atoms with Crippen LogP contribution in [0.3, 0.4) is 0 Å². The SMILES string of the molecule is COC(=O)[C@@]1(OC(C)=O)[C@@H](C)C[C@H]2[C@@H]3C[C@H](F)C4=C(F)C(=O)C=C[C@]4(C)[C@@]3(F)[C@@H](O)C[C@@]21C. The van der Waals surface area contributed by atoms with Crippen molar-refractivity contribution in [2.45, 2.75) is 70.5 Å². The van der Waals surface area contributed by atoms with Crippen LogP contribution < -0.4 is 0 Å². The second-order valence-corrected chi connectivity index (χ2v) is 10.4. The van der Waals surface area contributed by atoms with Crippen LogP contribution in [0.25, 0.3) is 0 Å². The molecule has 0 spiro atoms. The highest BCUT2D eigenvalue weighted by Crippen LogP contribution is 2.72. The Labute approximate surface area is 190 Å². The molecule has 0 aromatic heterocycles. The molecule has 0 radical (unpaired) electrons. The zero-order valence-electron chi connectivity index (χ0n) is 19.3. The summed E-state index contributed by atoms with van der Waals surface area (Å²) >= 11 is 0. The molecular formula is C24H29F3O6. The highest BCUT2D eigenvalue weighted by Gasteiger charge is 2.79. The van der Waals surface area contributed by atoms with Crippen LogP contribution in [0.1, 0.15) is 47.0 Å². The Hall–Kier alpha value is -2.16. The summed E-state index contributed by atoms with van der Waals surface area (Å²) in [7, 11) is 1.15. The number of ketones is 1. The number of alkyl halides is 2. The number of rotatable bonds is 2. The van der Waals surface area contributed by atoms with Crippen LogP contribution in [-0.4, -0.2) is 53.5 Å². The van der Waals surface area contributed by atoms with Crippen LogP contribution in [0.15, 0.2) is 23.6 Å². The number of carbonyl (C=O) groups excluding carboxylic acids is 3. The van der Waals surface area contributed by atoms with E-state index in [0.29, 0.717) is 0 Å². The number of carbonyl (C=O) groups is 3. The first kappa shape index (κ1) is 24.0. The molecule has 0 aromatic rings. The van der Waals surface area contributed by atoms with Crippen LogP contribution in [0, 0.1) is 28.6 Å². The smallest absolute Gasteiger partial charge is 0.351 e. The Morgan fingerprint density at radius 1 is 1.21 bits per heavy atom. The average Bonchev–Trinajstić information content (AvgIpc) is 2.94. The number of hydrogen-bond acceptors (Lipinski definition) is 6. The lowest BCUT2D eigenvalue weighted by Crippen LogP contribution is -2.71. The van der Waals surface area contributed by atoms with Gasteiger partial charge in [-0.15, -0.1) is 0 Å². The molecule has 0 amide bonds. The molecule has 0 bridgehead atoms. The fourth-order valence-corrected chi connectivity index (χ4v) is 7.69. The fraction of sp³-hybridized carbons (Fsp3) is 0.708. The summed E-state index contributed by atoms with van der Waals surface area (Å²) in [5, 5.41) is 11.3. The molecule has 4 aliphatic rings. The van der Waals surface area contributed by atoms with Crippen molar-refractivity contribution in [3.63, 3.8) is 0 Å². The molecule has 3 fully saturated rings. The Morgan fingerprint density at radius 3 is 2.42 bits per heavy atom. The van der Waals surface area contributed by atoms with Crippen molar-refractivity contribution in [3.05, 3.63) is 23.6 Å². The van der Waals surface area contributed by atoms with Crippen molar-refractivity contribution >= 4 is 17.7 Å². The van der Waals surface area contributed by atoms with Gasteiger partial charge in [0, 0.05) is 35.2 Å². The molecule has 9 atom stereocenters. The molecule has 33 heavy (non-hydrogen) atoms. The third-order valence-corrected chi connectivity index (χ3v) is 9.04. The summed E-state index contributed by atoms with van der Waals surface area (Å²) in [6, 6.07) is 0. The highest BCUT2D eigenvalue weighted by molar-refractivity contribution is 6.04. The number of fused-ring (bicyclic) bond motifs is 5. The van der Waals surface area contributed by atoms with Crippen molar-refractivity contribution in [1.82, 2.24) is 0 Å². The molecule has 0 aromatic carbocycles. The second-order valence-electron chi connectivity index (χ2n) is 10.4. The summed E-state index contributed by atoms with van der Waals surface area (Å²) < 4.78 is 58.0. The lowest BCUT2D eigenvalue weighted by atomic mass is 9.44. The Kier molecular flexibility index (Phi) is 5.21. The maximum absolute atomic E-state index is 17.1. The van der Waals surface area contributed by atoms with Gasteiger partial charge in [-0.1, -0.05) is 19.9 Å². The first-order valence-electron chi connectivity index (χ1n) is 11.1. The van der Waals surface area contributed by atoms with Gasteiger partial charge in [-0.05, 0) is 38.2 Å². The van der Waals surface area contributed by atoms with Crippen LogP contribution >= 0.6 is 0 Å². The highest BCUT2D eigenvalue weighted by atomic mass is 19.2. The van der Waals surface area contributed by atoms with Gasteiger partial charge in [0.15, 0.2) is 11.5 Å². The standard InChI is InChI=1S/C24H29F3O6/c1-11-8-13-14-9-15(25)18-19(26)16(29)6-7-21(18,3)23(14,27)17(30)10-22(13,4)24(11,20(31)32-5)33-12(2)28/h6-7,11,13-15,17,30H,8-10H2,1-5H3/t11-,13-,14-,15-,17-,21-,22-,23-,24-/m0/s1. The van der Waals surface area contributed by atoms with Gasteiger partial charge in [-0.3, -0.25) is 9.59 Å². The third kappa shape index (κ3) is 2.63. The van der Waals surface area contributed by atoms with E-state index in [0.717, 1.165) is 26.2 Å². The second kappa shape index (κ2) is 7.17.